The fourth-order valence-corrected chi connectivity index (χ4v) is 7.13. The molecule has 2 unspecified atom stereocenters. The second kappa shape index (κ2) is 33.5. The number of nitrogens with zero attached hydrogens (tertiary/aromatic N) is 1. The lowest BCUT2D eigenvalue weighted by Crippen LogP contribution is -2.28. The summed E-state index contributed by atoms with van der Waals surface area (Å²) in [5.74, 6) is 0.154. The molecule has 0 aromatic heterocycles. The van der Waals surface area contributed by atoms with Crippen LogP contribution in [0.4, 0.5) is 0 Å². The Kier molecular flexibility index (Phi) is 32.5. The van der Waals surface area contributed by atoms with Gasteiger partial charge in [0.2, 0.25) is 0 Å². The molecule has 0 aliphatic heterocycles. The van der Waals surface area contributed by atoms with Crippen molar-refractivity contribution in [1.82, 2.24) is 4.90 Å². The van der Waals surface area contributed by atoms with E-state index in [0.29, 0.717) is 25.6 Å². The maximum atomic E-state index is 13.3. The zero-order chi connectivity index (χ0) is 40.5. The van der Waals surface area contributed by atoms with Crippen molar-refractivity contribution in [1.29, 1.82) is 0 Å². The molecule has 0 aromatic rings. The monoisotopic (exact) mass is 766 g/mol. The molecule has 0 saturated heterocycles. The van der Waals surface area contributed by atoms with E-state index in [1.165, 1.54) is 83.5 Å². The Bertz CT molecular complexity index is 916. The highest BCUT2D eigenvalue weighted by Crippen LogP contribution is 2.29. The van der Waals surface area contributed by atoms with Crippen molar-refractivity contribution in [3.8, 4) is 0 Å². The molecule has 0 aliphatic rings. The zero-order valence-corrected chi connectivity index (χ0v) is 37.5. The number of esters is 3. The highest BCUT2D eigenvalue weighted by atomic mass is 16.5. The summed E-state index contributed by atoms with van der Waals surface area (Å²) in [6, 6.07) is 0. The zero-order valence-electron chi connectivity index (χ0n) is 37.5. The molecule has 54 heavy (non-hydrogen) atoms. The summed E-state index contributed by atoms with van der Waals surface area (Å²) >= 11 is 0. The predicted molar refractivity (Wildman–Crippen MR) is 228 cm³/mol. The summed E-state index contributed by atoms with van der Waals surface area (Å²) < 4.78 is 17.7. The number of ether oxygens (including phenoxy) is 3. The third-order valence-electron chi connectivity index (χ3n) is 11.2. The third-order valence-corrected chi connectivity index (χ3v) is 11.2. The van der Waals surface area contributed by atoms with Crippen molar-refractivity contribution in [2.24, 2.45) is 16.7 Å². The van der Waals surface area contributed by atoms with Gasteiger partial charge in [0, 0.05) is 6.42 Å². The van der Waals surface area contributed by atoms with E-state index in [9.17, 15) is 14.4 Å². The predicted octanol–water partition coefficient (Wildman–Crippen LogP) is 13.2. The number of rotatable bonds is 38. The van der Waals surface area contributed by atoms with Crippen LogP contribution in [0.1, 0.15) is 228 Å². The van der Waals surface area contributed by atoms with Gasteiger partial charge in [0.25, 0.3) is 0 Å². The normalized spacial score (nSPS) is 13.2. The van der Waals surface area contributed by atoms with Crippen molar-refractivity contribution < 1.29 is 28.6 Å². The third kappa shape index (κ3) is 29.6. The first-order valence-electron chi connectivity index (χ1n) is 23.0. The molecule has 0 heterocycles. The van der Waals surface area contributed by atoms with Crippen LogP contribution < -0.4 is 0 Å². The van der Waals surface area contributed by atoms with E-state index in [2.05, 4.69) is 39.8 Å². The average Bonchev–Trinajstić information content (AvgIpc) is 3.12. The fourth-order valence-electron chi connectivity index (χ4n) is 7.13. The Hall–Kier alpha value is -1.63. The minimum absolute atomic E-state index is 0.0850. The van der Waals surface area contributed by atoms with Crippen LogP contribution >= 0.6 is 0 Å². The SMILES string of the molecule is CCCCCCCCCOC(=O)C(C)(C)CCCCC(CCCCC(C)(C)C(=O)OCC(CCCCC)CCCCCCC)OC(=O)CCCCN(C)C. The first-order valence-corrected chi connectivity index (χ1v) is 23.0. The molecule has 320 valence electrons. The van der Waals surface area contributed by atoms with Crippen molar-refractivity contribution >= 4 is 17.9 Å². The van der Waals surface area contributed by atoms with Crippen LogP contribution in [0.15, 0.2) is 0 Å². The van der Waals surface area contributed by atoms with E-state index >= 15 is 0 Å². The first-order chi connectivity index (χ1) is 25.8. The van der Waals surface area contributed by atoms with E-state index in [4.69, 9.17) is 14.2 Å². The molecule has 7 heteroatoms. The molecule has 0 amide bonds. The average molecular weight is 766 g/mol. The summed E-state index contributed by atoms with van der Waals surface area (Å²) in [4.78, 5) is 41.1. The van der Waals surface area contributed by atoms with Crippen LogP contribution in [0, 0.1) is 16.7 Å². The molecule has 7 nitrogen and oxygen atoms in total. The maximum absolute atomic E-state index is 13.3. The summed E-state index contributed by atoms with van der Waals surface area (Å²) in [5, 5.41) is 0. The molecule has 0 saturated carbocycles. The van der Waals surface area contributed by atoms with Crippen molar-refractivity contribution in [3.63, 3.8) is 0 Å². The lowest BCUT2D eigenvalue weighted by Gasteiger charge is -2.25. The highest BCUT2D eigenvalue weighted by molar-refractivity contribution is 5.76. The van der Waals surface area contributed by atoms with Gasteiger partial charge in [-0.1, -0.05) is 124 Å². The lowest BCUT2D eigenvalue weighted by molar-refractivity contribution is -0.156. The Balaban J connectivity index is 4.91. The largest absolute Gasteiger partial charge is 0.465 e. The summed E-state index contributed by atoms with van der Waals surface area (Å²) in [5.41, 5.74) is -1.06. The molecule has 0 aliphatic carbocycles. The Morgan fingerprint density at radius 1 is 0.519 bits per heavy atom. The molecular formula is C47H91NO6. The molecular weight excluding hydrogens is 675 g/mol. The standard InChI is InChI=1S/C47H91NO6/c1-10-13-16-18-19-21-30-39-52-44(50)46(4,5)36-27-24-33-42(54-43(49)35-26-29-38-48(8)9)34-25-28-37-47(6,7)45(51)53-40-41(31-22-15-12-3)32-23-20-17-14-11-2/h41-42H,10-40H2,1-9H3. The maximum Gasteiger partial charge on any atom is 0.311 e. The van der Waals surface area contributed by atoms with Crippen molar-refractivity contribution in [3.05, 3.63) is 0 Å². The molecule has 0 rings (SSSR count). The van der Waals surface area contributed by atoms with Crippen LogP contribution in [0.3, 0.4) is 0 Å². The van der Waals surface area contributed by atoms with Gasteiger partial charge in [-0.3, -0.25) is 14.4 Å². The molecule has 0 aromatic carbocycles. The van der Waals surface area contributed by atoms with Gasteiger partial charge in [0.05, 0.1) is 24.0 Å². The fraction of sp³-hybridized carbons (Fsp3) is 0.936. The summed E-state index contributed by atoms with van der Waals surface area (Å²) in [6.07, 6.45) is 29.5. The number of unbranched alkanes of at least 4 members (excludes halogenated alkanes) is 15. The van der Waals surface area contributed by atoms with E-state index in [1.807, 2.05) is 27.7 Å². The second-order valence-corrected chi connectivity index (χ2v) is 18.1. The molecule has 0 N–H and O–H groups in total. The molecule has 0 radical (unpaired) electrons. The second-order valence-electron chi connectivity index (χ2n) is 18.1. The Morgan fingerprint density at radius 3 is 1.50 bits per heavy atom. The molecule has 0 spiro atoms. The van der Waals surface area contributed by atoms with Gasteiger partial charge in [-0.2, -0.15) is 0 Å². The van der Waals surface area contributed by atoms with Gasteiger partial charge in [-0.15, -0.1) is 0 Å². The van der Waals surface area contributed by atoms with Crippen LogP contribution in [-0.2, 0) is 28.6 Å². The number of carbonyl (C=O) groups is 3. The van der Waals surface area contributed by atoms with Gasteiger partial charge in [0.15, 0.2) is 0 Å². The molecule has 0 bridgehead atoms. The van der Waals surface area contributed by atoms with Crippen LogP contribution in [0.5, 0.6) is 0 Å². The van der Waals surface area contributed by atoms with Crippen molar-refractivity contribution in [2.45, 2.75) is 234 Å². The minimum atomic E-state index is -0.539. The number of carbonyl (C=O) groups excluding carboxylic acids is 3. The smallest absolute Gasteiger partial charge is 0.311 e. The van der Waals surface area contributed by atoms with Crippen molar-refractivity contribution in [2.75, 3.05) is 33.9 Å². The van der Waals surface area contributed by atoms with Gasteiger partial charge in [-0.25, -0.2) is 0 Å². The van der Waals surface area contributed by atoms with Gasteiger partial charge in [-0.05, 0) is 125 Å². The highest BCUT2D eigenvalue weighted by Gasteiger charge is 2.31. The van der Waals surface area contributed by atoms with Crippen LogP contribution in [0.2, 0.25) is 0 Å². The van der Waals surface area contributed by atoms with Gasteiger partial charge in [0.1, 0.15) is 6.10 Å². The van der Waals surface area contributed by atoms with Gasteiger partial charge < -0.3 is 19.1 Å². The van der Waals surface area contributed by atoms with E-state index < -0.39 is 10.8 Å². The lowest BCUT2D eigenvalue weighted by atomic mass is 9.86. The minimum Gasteiger partial charge on any atom is -0.465 e. The quantitative estimate of drug-likeness (QED) is 0.0352. The van der Waals surface area contributed by atoms with Gasteiger partial charge >= 0.3 is 17.9 Å². The summed E-state index contributed by atoms with van der Waals surface area (Å²) in [6.45, 7) is 16.7. The van der Waals surface area contributed by atoms with E-state index in [0.717, 1.165) is 96.4 Å². The van der Waals surface area contributed by atoms with Crippen LogP contribution in [0.25, 0.3) is 0 Å². The molecule has 0 fully saturated rings. The van der Waals surface area contributed by atoms with E-state index in [-0.39, 0.29) is 24.0 Å². The Morgan fingerprint density at radius 2 is 0.963 bits per heavy atom. The first kappa shape index (κ1) is 52.4. The number of hydrogen-bond donors (Lipinski definition) is 0. The molecule has 2 atom stereocenters. The number of hydrogen-bond acceptors (Lipinski definition) is 7. The van der Waals surface area contributed by atoms with E-state index in [1.54, 1.807) is 0 Å². The topological polar surface area (TPSA) is 82.1 Å². The summed E-state index contributed by atoms with van der Waals surface area (Å²) in [7, 11) is 4.10. The van der Waals surface area contributed by atoms with Crippen LogP contribution in [-0.4, -0.2) is 62.8 Å². The Labute approximate surface area is 335 Å².